The lowest BCUT2D eigenvalue weighted by molar-refractivity contribution is -0.396. The molecule has 0 aliphatic rings. The first kappa shape index (κ1) is 15.2. The van der Waals surface area contributed by atoms with Gasteiger partial charge >= 0.3 is 11.6 Å². The van der Waals surface area contributed by atoms with Crippen LogP contribution in [0.4, 0.5) is 5.95 Å². The zero-order valence-corrected chi connectivity index (χ0v) is 11.9. The molecule has 21 heavy (non-hydrogen) atoms. The van der Waals surface area contributed by atoms with Gasteiger partial charge in [0.15, 0.2) is 0 Å². The fourth-order valence-corrected chi connectivity index (χ4v) is 2.10. The van der Waals surface area contributed by atoms with Crippen LogP contribution in [0.15, 0.2) is 9.59 Å². The van der Waals surface area contributed by atoms with Gasteiger partial charge in [-0.25, -0.2) is 9.36 Å². The predicted octanol–water partition coefficient (Wildman–Crippen LogP) is -1.06. The van der Waals surface area contributed by atoms with Gasteiger partial charge in [0.25, 0.3) is 11.2 Å². The van der Waals surface area contributed by atoms with Gasteiger partial charge in [-0.2, -0.15) is 0 Å². The topological polar surface area (TPSA) is 125 Å². The van der Waals surface area contributed by atoms with E-state index in [9.17, 15) is 24.8 Å². The highest BCUT2D eigenvalue weighted by Crippen LogP contribution is 2.18. The van der Waals surface area contributed by atoms with E-state index in [2.05, 4.69) is 4.98 Å². The van der Waals surface area contributed by atoms with Crippen molar-refractivity contribution in [3.05, 3.63) is 31.0 Å². The number of rotatable bonds is 4. The number of nitrogens with zero attached hydrogens (tertiary/aromatic N) is 5. The maximum atomic E-state index is 12.2. The van der Waals surface area contributed by atoms with E-state index in [0.29, 0.717) is 0 Å². The molecule has 0 spiro atoms. The molecule has 0 radical (unpaired) electrons. The highest BCUT2D eigenvalue weighted by Gasteiger charge is 2.29. The van der Waals surface area contributed by atoms with Gasteiger partial charge in [0, 0.05) is 14.1 Å². The van der Waals surface area contributed by atoms with Gasteiger partial charge in [0.2, 0.25) is 5.52 Å². The van der Waals surface area contributed by atoms with Crippen molar-refractivity contribution in [2.45, 2.75) is 12.6 Å². The Balaban J connectivity index is 2.93. The number of nitro groups is 1. The Morgan fingerprint density at radius 1 is 1.38 bits per heavy atom. The molecule has 0 saturated heterocycles. The van der Waals surface area contributed by atoms with Gasteiger partial charge in [0.05, 0.1) is 18.5 Å². The minimum atomic E-state index is -1.09. The van der Waals surface area contributed by atoms with Crippen molar-refractivity contribution in [1.82, 2.24) is 18.7 Å². The highest BCUT2D eigenvalue weighted by atomic mass is 35.5. The third kappa shape index (κ3) is 2.32. The molecule has 1 unspecified atom stereocenters. The zero-order chi connectivity index (χ0) is 15.9. The van der Waals surface area contributed by atoms with Gasteiger partial charge in [-0.05, 0) is 9.91 Å². The number of imidazole rings is 1. The van der Waals surface area contributed by atoms with E-state index in [1.165, 1.54) is 14.1 Å². The van der Waals surface area contributed by atoms with Crippen LogP contribution in [-0.2, 0) is 20.6 Å². The molecule has 0 amide bonds. The molecular weight excluding hydrogens is 306 g/mol. The van der Waals surface area contributed by atoms with E-state index in [4.69, 9.17) is 11.6 Å². The van der Waals surface area contributed by atoms with Crippen molar-refractivity contribution in [3.63, 3.8) is 0 Å². The van der Waals surface area contributed by atoms with Crippen molar-refractivity contribution in [2.24, 2.45) is 14.1 Å². The summed E-state index contributed by atoms with van der Waals surface area (Å²) < 4.78 is 2.81. The van der Waals surface area contributed by atoms with E-state index in [1.54, 1.807) is 0 Å². The van der Waals surface area contributed by atoms with Crippen molar-refractivity contribution < 1.29 is 10.0 Å². The van der Waals surface area contributed by atoms with E-state index >= 15 is 0 Å². The second-order valence-corrected chi connectivity index (χ2v) is 4.77. The molecule has 0 bridgehead atoms. The number of halogens is 1. The zero-order valence-electron chi connectivity index (χ0n) is 11.2. The first-order valence-electron chi connectivity index (χ1n) is 5.84. The van der Waals surface area contributed by atoms with Crippen LogP contribution in [0.25, 0.3) is 11.2 Å². The van der Waals surface area contributed by atoms with E-state index in [1.807, 2.05) is 0 Å². The van der Waals surface area contributed by atoms with E-state index in [-0.39, 0.29) is 23.6 Å². The average Bonchev–Trinajstić information content (AvgIpc) is 2.82. The van der Waals surface area contributed by atoms with Gasteiger partial charge in [-0.15, -0.1) is 11.6 Å². The maximum absolute atomic E-state index is 12.2. The lowest BCUT2D eigenvalue weighted by atomic mass is 10.4. The number of aromatic nitrogens is 4. The highest BCUT2D eigenvalue weighted by molar-refractivity contribution is 6.18. The van der Waals surface area contributed by atoms with Crippen molar-refractivity contribution >= 4 is 28.7 Å². The van der Waals surface area contributed by atoms with Crippen LogP contribution in [0.1, 0.15) is 0 Å². The third-order valence-corrected chi connectivity index (χ3v) is 3.42. The molecule has 0 aliphatic carbocycles. The minimum absolute atomic E-state index is 0.114. The summed E-state index contributed by atoms with van der Waals surface area (Å²) in [6.45, 7) is -0.274. The predicted molar refractivity (Wildman–Crippen MR) is 73.6 cm³/mol. The molecular formula is C10H12ClN5O5. The molecule has 2 rings (SSSR count). The first-order chi connectivity index (χ1) is 9.79. The Morgan fingerprint density at radius 2 is 2.00 bits per heavy atom. The Hall–Kier alpha value is -2.20. The molecule has 0 aliphatic heterocycles. The molecule has 2 aromatic heterocycles. The summed E-state index contributed by atoms with van der Waals surface area (Å²) in [5.41, 5.74) is -1.62. The molecule has 0 fully saturated rings. The average molecular weight is 318 g/mol. The molecule has 0 aromatic carbocycles. The second kappa shape index (κ2) is 5.30. The van der Waals surface area contributed by atoms with Crippen LogP contribution < -0.4 is 11.2 Å². The van der Waals surface area contributed by atoms with Crippen molar-refractivity contribution in [2.75, 3.05) is 5.88 Å². The van der Waals surface area contributed by atoms with Gasteiger partial charge in [-0.3, -0.25) is 13.9 Å². The molecule has 114 valence electrons. The summed E-state index contributed by atoms with van der Waals surface area (Å²) in [4.78, 5) is 38.0. The minimum Gasteiger partial charge on any atom is -0.390 e. The quantitative estimate of drug-likeness (QED) is 0.435. The Kier molecular flexibility index (Phi) is 3.83. The molecule has 1 N–H and O–H groups in total. The van der Waals surface area contributed by atoms with E-state index in [0.717, 1.165) is 13.7 Å². The normalized spacial score (nSPS) is 12.8. The number of fused-ring (bicyclic) bond motifs is 1. The first-order valence-corrected chi connectivity index (χ1v) is 6.37. The molecule has 10 nitrogen and oxygen atoms in total. The number of hydrogen-bond donors (Lipinski definition) is 1. The number of aliphatic hydroxyl groups excluding tert-OH is 1. The lowest BCUT2D eigenvalue weighted by Crippen LogP contribution is -2.38. The van der Waals surface area contributed by atoms with Crippen LogP contribution in [0.3, 0.4) is 0 Å². The van der Waals surface area contributed by atoms with Crippen LogP contribution in [0.5, 0.6) is 0 Å². The SMILES string of the molecule is Cn1c(=O)c2c(nc([N+](=O)[O-])n2CC(O)CCl)n(C)c1=O. The summed E-state index contributed by atoms with van der Waals surface area (Å²) in [6.07, 6.45) is -1.09. The monoisotopic (exact) mass is 317 g/mol. The smallest absolute Gasteiger partial charge is 0.390 e. The molecule has 2 heterocycles. The number of hydrogen-bond acceptors (Lipinski definition) is 6. The largest absolute Gasteiger partial charge is 0.437 e. The maximum Gasteiger partial charge on any atom is 0.437 e. The van der Waals surface area contributed by atoms with Crippen molar-refractivity contribution in [1.29, 1.82) is 0 Å². The van der Waals surface area contributed by atoms with Gasteiger partial charge in [0.1, 0.15) is 0 Å². The summed E-state index contributed by atoms with van der Waals surface area (Å²) in [6, 6.07) is 0. The number of aryl methyl sites for hydroxylation is 1. The Labute approximate surface area is 122 Å². The number of alkyl halides is 1. The molecule has 11 heteroatoms. The van der Waals surface area contributed by atoms with Gasteiger partial charge < -0.3 is 15.2 Å². The van der Waals surface area contributed by atoms with Crippen LogP contribution in [-0.4, -0.2) is 40.7 Å². The summed E-state index contributed by atoms with van der Waals surface area (Å²) >= 11 is 5.49. The third-order valence-electron chi connectivity index (χ3n) is 3.06. The summed E-state index contributed by atoms with van der Waals surface area (Å²) in [5, 5.41) is 20.7. The summed E-state index contributed by atoms with van der Waals surface area (Å²) in [5.74, 6) is -0.796. The van der Waals surface area contributed by atoms with Gasteiger partial charge in [-0.1, -0.05) is 0 Å². The van der Waals surface area contributed by atoms with Crippen LogP contribution >= 0.6 is 11.6 Å². The number of aliphatic hydroxyl groups is 1. The molecule has 2 aromatic rings. The van der Waals surface area contributed by atoms with Crippen LogP contribution in [0, 0.1) is 10.1 Å². The standard InChI is InChI=1S/C10H12ClN5O5/c1-13-7-6(8(18)14(2)10(13)19)15(4-5(17)3-11)9(12-7)16(20)21/h5,17H,3-4H2,1-2H3. The fourth-order valence-electron chi connectivity index (χ4n) is 2.01. The fraction of sp³-hybridized carbons (Fsp3) is 0.500. The second-order valence-electron chi connectivity index (χ2n) is 4.47. The van der Waals surface area contributed by atoms with E-state index < -0.39 is 28.2 Å². The molecule has 1 atom stereocenters. The Bertz CT molecular complexity index is 835. The van der Waals surface area contributed by atoms with Crippen LogP contribution in [0.2, 0.25) is 0 Å². The Morgan fingerprint density at radius 3 is 2.52 bits per heavy atom. The van der Waals surface area contributed by atoms with Crippen molar-refractivity contribution in [3.8, 4) is 0 Å². The summed E-state index contributed by atoms with van der Waals surface area (Å²) in [7, 11) is 2.61. The molecule has 0 saturated carbocycles. The lowest BCUT2D eigenvalue weighted by Gasteiger charge is -2.07.